The van der Waals surface area contributed by atoms with Crippen molar-refractivity contribution in [1.29, 1.82) is 0 Å². The third-order valence-corrected chi connectivity index (χ3v) is 4.73. The Hall–Kier alpha value is -1.23. The highest BCUT2D eigenvalue weighted by Gasteiger charge is 2.20. The molecule has 5 heteroatoms. The topological polar surface area (TPSA) is 41.0 Å². The number of para-hydroxylation sites is 2. The van der Waals surface area contributed by atoms with Gasteiger partial charge in [0, 0.05) is 6.54 Å². The number of hydrogen-bond donors (Lipinski definition) is 1. The van der Waals surface area contributed by atoms with Crippen LogP contribution in [0.1, 0.15) is 30.7 Å². The molecule has 0 spiro atoms. The molecule has 1 aliphatic rings. The molecule has 0 saturated carbocycles. The van der Waals surface area contributed by atoms with Gasteiger partial charge >= 0.3 is 0 Å². The highest BCUT2D eigenvalue weighted by Crippen LogP contribution is 2.22. The van der Waals surface area contributed by atoms with Crippen LogP contribution in [0.25, 0.3) is 11.0 Å². The van der Waals surface area contributed by atoms with Gasteiger partial charge in [-0.1, -0.05) is 12.1 Å². The van der Waals surface area contributed by atoms with Crippen molar-refractivity contribution in [3.8, 4) is 0 Å². The predicted molar refractivity (Wildman–Crippen MR) is 98.1 cm³/mol. The van der Waals surface area contributed by atoms with Crippen LogP contribution < -0.4 is 5.32 Å². The number of rotatable bonds is 5. The minimum atomic E-state index is 0. The van der Waals surface area contributed by atoms with E-state index >= 15 is 0 Å². The Labute approximate surface area is 145 Å². The van der Waals surface area contributed by atoms with Crippen molar-refractivity contribution in [2.75, 3.05) is 26.7 Å². The summed E-state index contributed by atoms with van der Waals surface area (Å²) >= 11 is 0. The molecule has 1 saturated heterocycles. The van der Waals surface area contributed by atoms with Gasteiger partial charge in [0.05, 0.1) is 22.4 Å². The van der Waals surface area contributed by atoms with Crippen LogP contribution in [0.2, 0.25) is 0 Å². The van der Waals surface area contributed by atoms with Crippen LogP contribution in [0.5, 0.6) is 0 Å². The number of benzene rings is 1. The molecule has 0 atom stereocenters. The number of fused-ring (bicyclic) bond motifs is 1. The zero-order valence-corrected chi connectivity index (χ0v) is 14.9. The van der Waals surface area contributed by atoms with Gasteiger partial charge in [-0.25, -0.2) is 9.97 Å². The van der Waals surface area contributed by atoms with E-state index in [2.05, 4.69) is 23.2 Å². The van der Waals surface area contributed by atoms with Gasteiger partial charge in [-0.3, -0.25) is 4.90 Å². The molecule has 4 nitrogen and oxygen atoms in total. The van der Waals surface area contributed by atoms with Gasteiger partial charge in [0.2, 0.25) is 0 Å². The zero-order valence-electron chi connectivity index (χ0n) is 14.1. The second kappa shape index (κ2) is 8.57. The minimum absolute atomic E-state index is 0. The maximum absolute atomic E-state index is 4.82. The quantitative estimate of drug-likeness (QED) is 0.911. The maximum Gasteiger partial charge on any atom is 0.0890 e. The van der Waals surface area contributed by atoms with Gasteiger partial charge in [-0.2, -0.15) is 0 Å². The number of likely N-dealkylation sites (tertiary alicyclic amines) is 1. The standard InChI is InChI=1S/C18H26N4.ClH/c1-14-18(21-17-6-4-3-5-16(17)20-14)13-22-11-8-15(9-12-22)7-10-19-2;/h3-6,15,19H,7-13H2,1-2H3;1H. The lowest BCUT2D eigenvalue weighted by Gasteiger charge is -2.31. The number of halogens is 1. The number of hydrogen-bond acceptors (Lipinski definition) is 4. The molecule has 2 heterocycles. The summed E-state index contributed by atoms with van der Waals surface area (Å²) in [5.41, 5.74) is 4.20. The molecule has 126 valence electrons. The van der Waals surface area contributed by atoms with Gasteiger partial charge < -0.3 is 5.32 Å². The van der Waals surface area contributed by atoms with Crippen molar-refractivity contribution >= 4 is 23.4 Å². The highest BCUT2D eigenvalue weighted by atomic mass is 35.5. The second-order valence-corrected chi connectivity index (χ2v) is 6.36. The Morgan fingerprint density at radius 1 is 1.13 bits per heavy atom. The Bertz CT molecular complexity index is 623. The number of nitrogens with one attached hydrogen (secondary N) is 1. The van der Waals surface area contributed by atoms with E-state index in [1.54, 1.807) is 0 Å². The summed E-state index contributed by atoms with van der Waals surface area (Å²) in [5, 5.41) is 3.26. The van der Waals surface area contributed by atoms with Crippen LogP contribution in [0.15, 0.2) is 24.3 Å². The summed E-state index contributed by atoms with van der Waals surface area (Å²) in [6.45, 7) is 6.52. The van der Waals surface area contributed by atoms with E-state index in [0.717, 1.165) is 41.4 Å². The monoisotopic (exact) mass is 334 g/mol. The van der Waals surface area contributed by atoms with Gasteiger partial charge in [-0.05, 0) is 70.9 Å². The van der Waals surface area contributed by atoms with E-state index in [4.69, 9.17) is 9.97 Å². The SMILES string of the molecule is CNCCC1CCN(Cc2nc3ccccc3nc2C)CC1.Cl. The molecule has 0 amide bonds. The average Bonchev–Trinajstić information content (AvgIpc) is 2.55. The van der Waals surface area contributed by atoms with Crippen molar-refractivity contribution in [2.45, 2.75) is 32.7 Å². The third-order valence-electron chi connectivity index (χ3n) is 4.73. The fourth-order valence-electron chi connectivity index (χ4n) is 3.27. The zero-order chi connectivity index (χ0) is 15.4. The molecule has 0 unspecified atom stereocenters. The van der Waals surface area contributed by atoms with Crippen molar-refractivity contribution in [1.82, 2.24) is 20.2 Å². The van der Waals surface area contributed by atoms with E-state index < -0.39 is 0 Å². The molecule has 1 N–H and O–H groups in total. The lowest BCUT2D eigenvalue weighted by Crippen LogP contribution is -2.34. The first kappa shape index (κ1) is 18.1. The lowest BCUT2D eigenvalue weighted by atomic mass is 9.93. The number of piperidine rings is 1. The van der Waals surface area contributed by atoms with E-state index in [-0.39, 0.29) is 12.4 Å². The first-order valence-electron chi connectivity index (χ1n) is 8.35. The van der Waals surface area contributed by atoms with Crippen molar-refractivity contribution in [2.24, 2.45) is 5.92 Å². The summed E-state index contributed by atoms with van der Waals surface area (Å²) in [6.07, 6.45) is 3.92. The average molecular weight is 335 g/mol. The van der Waals surface area contributed by atoms with Gasteiger partial charge in [0.15, 0.2) is 0 Å². The first-order valence-corrected chi connectivity index (χ1v) is 8.35. The van der Waals surface area contributed by atoms with Crippen molar-refractivity contribution in [3.63, 3.8) is 0 Å². The molecule has 0 bridgehead atoms. The molecular formula is C18H27ClN4. The largest absolute Gasteiger partial charge is 0.320 e. The molecule has 3 rings (SSSR count). The Kier molecular flexibility index (Phi) is 6.75. The van der Waals surface area contributed by atoms with Crippen molar-refractivity contribution in [3.05, 3.63) is 35.7 Å². The Morgan fingerprint density at radius 3 is 2.43 bits per heavy atom. The van der Waals surface area contributed by atoms with E-state index in [9.17, 15) is 0 Å². The lowest BCUT2D eigenvalue weighted by molar-refractivity contribution is 0.170. The summed E-state index contributed by atoms with van der Waals surface area (Å²) in [4.78, 5) is 12.1. The third kappa shape index (κ3) is 4.63. The highest BCUT2D eigenvalue weighted by molar-refractivity contribution is 5.85. The normalized spacial score (nSPS) is 16.4. The smallest absolute Gasteiger partial charge is 0.0890 e. The summed E-state index contributed by atoms with van der Waals surface area (Å²) < 4.78 is 0. The minimum Gasteiger partial charge on any atom is -0.320 e. The molecule has 0 radical (unpaired) electrons. The predicted octanol–water partition coefficient (Wildman–Crippen LogP) is 3.18. The Balaban J connectivity index is 0.00000192. The van der Waals surface area contributed by atoms with Crippen LogP contribution in [0.4, 0.5) is 0 Å². The molecular weight excluding hydrogens is 308 g/mol. The van der Waals surface area contributed by atoms with Crippen molar-refractivity contribution < 1.29 is 0 Å². The molecule has 2 aromatic rings. The molecule has 1 aromatic heterocycles. The summed E-state index contributed by atoms with van der Waals surface area (Å²) in [7, 11) is 2.04. The molecule has 0 aliphatic carbocycles. The molecule has 1 aromatic carbocycles. The fourth-order valence-corrected chi connectivity index (χ4v) is 3.27. The van der Waals surface area contributed by atoms with Crippen LogP contribution in [-0.4, -0.2) is 41.5 Å². The fraction of sp³-hybridized carbons (Fsp3) is 0.556. The molecule has 1 fully saturated rings. The number of nitrogens with zero attached hydrogens (tertiary/aromatic N) is 3. The summed E-state index contributed by atoms with van der Waals surface area (Å²) in [5.74, 6) is 0.882. The van der Waals surface area contributed by atoms with E-state index in [1.165, 1.54) is 32.4 Å². The van der Waals surface area contributed by atoms with E-state index in [0.29, 0.717) is 0 Å². The van der Waals surface area contributed by atoms with Crippen LogP contribution >= 0.6 is 12.4 Å². The number of aryl methyl sites for hydroxylation is 1. The van der Waals surface area contributed by atoms with E-state index in [1.807, 2.05) is 25.2 Å². The van der Waals surface area contributed by atoms with Crippen LogP contribution in [0, 0.1) is 12.8 Å². The second-order valence-electron chi connectivity index (χ2n) is 6.36. The summed E-state index contributed by atoms with van der Waals surface area (Å²) in [6, 6.07) is 8.14. The maximum atomic E-state index is 4.82. The van der Waals surface area contributed by atoms with Gasteiger partial charge in [0.25, 0.3) is 0 Å². The molecule has 1 aliphatic heterocycles. The molecule has 23 heavy (non-hydrogen) atoms. The Morgan fingerprint density at radius 2 is 1.78 bits per heavy atom. The van der Waals surface area contributed by atoms with Crippen LogP contribution in [0.3, 0.4) is 0 Å². The first-order chi connectivity index (χ1) is 10.8. The van der Waals surface area contributed by atoms with Gasteiger partial charge in [0.1, 0.15) is 0 Å². The van der Waals surface area contributed by atoms with Crippen LogP contribution in [-0.2, 0) is 6.54 Å². The van der Waals surface area contributed by atoms with Gasteiger partial charge in [-0.15, -0.1) is 12.4 Å². The number of aromatic nitrogens is 2.